The fraction of sp³-hybridized carbons (Fsp3) is 0.500. The molecule has 3 nitrogen and oxygen atoms in total. The Morgan fingerprint density at radius 1 is 1.27 bits per heavy atom. The summed E-state index contributed by atoms with van der Waals surface area (Å²) in [7, 11) is 0. The molecule has 1 saturated carbocycles. The van der Waals surface area contributed by atoms with Gasteiger partial charge in [-0.15, -0.1) is 0 Å². The first-order valence-electron chi connectivity index (χ1n) is 5.58. The summed E-state index contributed by atoms with van der Waals surface area (Å²) >= 11 is 0. The van der Waals surface area contributed by atoms with Crippen LogP contribution in [0.1, 0.15) is 29.5 Å². The molecule has 0 atom stereocenters. The number of fused-ring (bicyclic) bond motifs is 1. The molecule has 1 aliphatic carbocycles. The predicted molar refractivity (Wildman–Crippen MR) is 57.3 cm³/mol. The van der Waals surface area contributed by atoms with Crippen LogP contribution >= 0.6 is 0 Å². The van der Waals surface area contributed by atoms with Crippen molar-refractivity contribution in [3.8, 4) is 0 Å². The third-order valence-electron chi connectivity index (χ3n) is 3.36. The smallest absolute Gasteiger partial charge is 0.0458 e. The average Bonchev–Trinajstić information content (AvgIpc) is 2.99. The van der Waals surface area contributed by atoms with Crippen LogP contribution in [0.2, 0.25) is 0 Å². The molecular formula is C12H16N2O. The van der Waals surface area contributed by atoms with Crippen LogP contribution in [0.25, 0.3) is 0 Å². The molecule has 0 spiro atoms. The van der Waals surface area contributed by atoms with Crippen molar-refractivity contribution in [2.45, 2.75) is 38.5 Å². The van der Waals surface area contributed by atoms with E-state index in [0.29, 0.717) is 6.54 Å². The van der Waals surface area contributed by atoms with Gasteiger partial charge in [-0.25, -0.2) is 5.48 Å². The Labute approximate surface area is 89.7 Å². The van der Waals surface area contributed by atoms with Gasteiger partial charge in [0.25, 0.3) is 0 Å². The molecule has 0 bridgehead atoms. The molecule has 0 saturated heterocycles. The summed E-state index contributed by atoms with van der Waals surface area (Å²) in [6, 6.07) is 7.35. The highest BCUT2D eigenvalue weighted by atomic mass is 16.5. The lowest BCUT2D eigenvalue weighted by Gasteiger charge is -2.11. The van der Waals surface area contributed by atoms with Crippen molar-refractivity contribution in [1.82, 2.24) is 10.4 Å². The van der Waals surface area contributed by atoms with Crippen molar-refractivity contribution in [2.75, 3.05) is 0 Å². The van der Waals surface area contributed by atoms with Gasteiger partial charge >= 0.3 is 0 Å². The van der Waals surface area contributed by atoms with E-state index in [1.807, 2.05) is 0 Å². The van der Waals surface area contributed by atoms with Crippen molar-refractivity contribution < 1.29 is 5.21 Å². The second-order valence-electron chi connectivity index (χ2n) is 4.57. The third kappa shape index (κ3) is 1.78. The minimum atomic E-state index is 0.538. The van der Waals surface area contributed by atoms with Crippen molar-refractivity contribution in [3.05, 3.63) is 34.9 Å². The van der Waals surface area contributed by atoms with E-state index in [1.165, 1.54) is 24.0 Å². The Morgan fingerprint density at radius 2 is 2.07 bits per heavy atom. The Morgan fingerprint density at radius 3 is 2.80 bits per heavy atom. The van der Waals surface area contributed by atoms with E-state index in [0.717, 1.165) is 24.7 Å². The third-order valence-corrected chi connectivity index (χ3v) is 3.36. The molecule has 0 aromatic heterocycles. The van der Waals surface area contributed by atoms with Crippen LogP contribution in [0.15, 0.2) is 18.2 Å². The van der Waals surface area contributed by atoms with Gasteiger partial charge in [0.05, 0.1) is 0 Å². The summed E-state index contributed by atoms with van der Waals surface area (Å²) in [5.41, 5.74) is 6.27. The number of hydroxylamine groups is 1. The second kappa shape index (κ2) is 3.59. The van der Waals surface area contributed by atoms with Crippen molar-refractivity contribution in [1.29, 1.82) is 0 Å². The highest BCUT2D eigenvalue weighted by molar-refractivity contribution is 5.35. The molecule has 3 rings (SSSR count). The maximum Gasteiger partial charge on any atom is 0.0458 e. The van der Waals surface area contributed by atoms with E-state index in [2.05, 4.69) is 28.6 Å². The standard InChI is InChI=1S/C12H16N2O/c15-13-6-9-1-2-10-7-14(12-3-4-12)8-11(10)5-9/h1-2,5,12-13,15H,3-4,6-8H2. The van der Waals surface area contributed by atoms with Crippen molar-refractivity contribution >= 4 is 0 Å². The number of nitrogens with one attached hydrogen (secondary N) is 1. The van der Waals surface area contributed by atoms with Crippen molar-refractivity contribution in [3.63, 3.8) is 0 Å². The quantitative estimate of drug-likeness (QED) is 0.735. The largest absolute Gasteiger partial charge is 0.316 e. The van der Waals surface area contributed by atoms with E-state index in [-0.39, 0.29) is 0 Å². The Balaban J connectivity index is 1.79. The zero-order chi connectivity index (χ0) is 10.3. The number of hydrogen-bond donors (Lipinski definition) is 2. The van der Waals surface area contributed by atoms with Gasteiger partial charge < -0.3 is 5.21 Å². The first-order chi connectivity index (χ1) is 7.36. The molecule has 0 radical (unpaired) electrons. The highest BCUT2D eigenvalue weighted by Gasteiger charge is 2.32. The van der Waals surface area contributed by atoms with Crippen LogP contribution in [0.5, 0.6) is 0 Å². The molecule has 2 N–H and O–H groups in total. The summed E-state index contributed by atoms with van der Waals surface area (Å²) in [6.07, 6.45) is 2.75. The molecule has 0 amide bonds. The van der Waals surface area contributed by atoms with Gasteiger partial charge in [-0.1, -0.05) is 18.2 Å². The van der Waals surface area contributed by atoms with Gasteiger partial charge in [0.1, 0.15) is 0 Å². The van der Waals surface area contributed by atoms with Gasteiger partial charge in [0, 0.05) is 25.7 Å². The molecule has 1 fully saturated rings. The van der Waals surface area contributed by atoms with Crippen LogP contribution in [-0.4, -0.2) is 16.1 Å². The molecule has 3 heteroatoms. The summed E-state index contributed by atoms with van der Waals surface area (Å²) in [5.74, 6) is 0. The molecule has 1 heterocycles. The number of nitrogens with zero attached hydrogens (tertiary/aromatic N) is 1. The number of benzene rings is 1. The lowest BCUT2D eigenvalue weighted by atomic mass is 10.1. The summed E-state index contributed by atoms with van der Waals surface area (Å²) < 4.78 is 0. The molecule has 0 unspecified atom stereocenters. The van der Waals surface area contributed by atoms with E-state index >= 15 is 0 Å². The molecule has 1 aromatic rings. The Hall–Kier alpha value is -0.900. The summed E-state index contributed by atoms with van der Waals surface area (Å²) in [5, 5.41) is 8.66. The molecule has 15 heavy (non-hydrogen) atoms. The zero-order valence-corrected chi connectivity index (χ0v) is 8.74. The van der Waals surface area contributed by atoms with Gasteiger partial charge in [-0.2, -0.15) is 0 Å². The maximum absolute atomic E-state index is 8.66. The lowest BCUT2D eigenvalue weighted by molar-refractivity contribution is 0.161. The molecule has 2 aliphatic rings. The van der Waals surface area contributed by atoms with Crippen LogP contribution in [0.3, 0.4) is 0 Å². The monoisotopic (exact) mass is 204 g/mol. The predicted octanol–water partition coefficient (Wildman–Crippen LogP) is 1.64. The van der Waals surface area contributed by atoms with E-state index < -0.39 is 0 Å². The molecular weight excluding hydrogens is 188 g/mol. The minimum Gasteiger partial charge on any atom is -0.316 e. The summed E-state index contributed by atoms with van der Waals surface area (Å²) in [4.78, 5) is 2.56. The highest BCUT2D eigenvalue weighted by Crippen LogP contribution is 2.34. The molecule has 1 aromatic carbocycles. The van der Waals surface area contributed by atoms with E-state index in [9.17, 15) is 0 Å². The molecule has 80 valence electrons. The second-order valence-corrected chi connectivity index (χ2v) is 4.57. The summed E-state index contributed by atoms with van der Waals surface area (Å²) in [6.45, 7) is 2.75. The fourth-order valence-electron chi connectivity index (χ4n) is 2.37. The van der Waals surface area contributed by atoms with E-state index in [1.54, 1.807) is 0 Å². The first-order valence-corrected chi connectivity index (χ1v) is 5.58. The Bertz CT molecular complexity index is 374. The van der Waals surface area contributed by atoms with Crippen LogP contribution in [0, 0.1) is 0 Å². The minimum absolute atomic E-state index is 0.538. The van der Waals surface area contributed by atoms with Crippen LogP contribution in [0.4, 0.5) is 0 Å². The number of rotatable bonds is 3. The first kappa shape index (κ1) is 9.33. The van der Waals surface area contributed by atoms with Crippen LogP contribution in [-0.2, 0) is 19.6 Å². The fourth-order valence-corrected chi connectivity index (χ4v) is 2.37. The Kier molecular flexibility index (Phi) is 2.24. The lowest BCUT2D eigenvalue weighted by Crippen LogP contribution is -2.18. The SMILES string of the molecule is ONCc1ccc2c(c1)CN(C1CC1)C2. The van der Waals surface area contributed by atoms with Crippen LogP contribution < -0.4 is 5.48 Å². The van der Waals surface area contributed by atoms with Gasteiger partial charge in [0.15, 0.2) is 0 Å². The normalized spacial score (nSPS) is 20.6. The zero-order valence-electron chi connectivity index (χ0n) is 8.74. The molecule has 1 aliphatic heterocycles. The maximum atomic E-state index is 8.66. The number of hydrogen-bond acceptors (Lipinski definition) is 3. The van der Waals surface area contributed by atoms with Crippen molar-refractivity contribution in [2.24, 2.45) is 0 Å². The van der Waals surface area contributed by atoms with E-state index in [4.69, 9.17) is 5.21 Å². The average molecular weight is 204 g/mol. The van der Waals surface area contributed by atoms with Gasteiger partial charge in [-0.05, 0) is 29.5 Å². The van der Waals surface area contributed by atoms with Gasteiger partial charge in [0.2, 0.25) is 0 Å². The topological polar surface area (TPSA) is 35.5 Å². The van der Waals surface area contributed by atoms with Gasteiger partial charge in [-0.3, -0.25) is 4.90 Å².